The maximum atomic E-state index is 8.45. The molecule has 0 aliphatic rings. The number of nitrogens with two attached hydrogens (primary N) is 1. The fourth-order valence-corrected chi connectivity index (χ4v) is 0.904. The molecule has 0 aliphatic heterocycles. The molecular formula is C7H16N2OS. The molecule has 11 heavy (non-hydrogen) atoms. The van der Waals surface area contributed by atoms with Crippen molar-refractivity contribution in [1.82, 2.24) is 5.32 Å². The van der Waals surface area contributed by atoms with Crippen molar-refractivity contribution in [3.05, 3.63) is 0 Å². The molecule has 0 saturated heterocycles. The van der Waals surface area contributed by atoms with Gasteiger partial charge in [0.15, 0.2) is 5.11 Å². The molecule has 0 bridgehead atoms. The normalized spacial score (nSPS) is 9.55. The largest absolute Gasteiger partial charge is 0.396 e. The predicted octanol–water partition coefficient (Wildman–Crippen LogP) is 0.372. The molecule has 0 aromatic rings. The number of hydrogen-bond donors (Lipinski definition) is 3. The molecule has 66 valence electrons. The summed E-state index contributed by atoms with van der Waals surface area (Å²) in [6, 6.07) is 0. The van der Waals surface area contributed by atoms with Crippen LogP contribution in [0.3, 0.4) is 0 Å². The highest BCUT2D eigenvalue weighted by atomic mass is 32.1. The molecule has 0 atom stereocenters. The van der Waals surface area contributed by atoms with Crippen molar-refractivity contribution in [2.24, 2.45) is 5.73 Å². The van der Waals surface area contributed by atoms with Crippen LogP contribution in [-0.2, 0) is 0 Å². The van der Waals surface area contributed by atoms with Crippen LogP contribution in [-0.4, -0.2) is 23.4 Å². The van der Waals surface area contributed by atoms with Crippen LogP contribution in [0.2, 0.25) is 0 Å². The third kappa shape index (κ3) is 9.65. The lowest BCUT2D eigenvalue weighted by Crippen LogP contribution is -2.29. The molecule has 0 heterocycles. The predicted molar refractivity (Wildman–Crippen MR) is 50.3 cm³/mol. The van der Waals surface area contributed by atoms with Gasteiger partial charge in [-0.05, 0) is 25.1 Å². The van der Waals surface area contributed by atoms with E-state index in [0.29, 0.717) is 11.7 Å². The zero-order valence-corrected chi connectivity index (χ0v) is 7.49. The Labute approximate surface area is 73.0 Å². The lowest BCUT2D eigenvalue weighted by atomic mass is 10.2. The van der Waals surface area contributed by atoms with E-state index in [2.05, 4.69) is 17.5 Å². The number of thiocarbonyl (C=S) groups is 1. The summed E-state index contributed by atoms with van der Waals surface area (Å²) in [7, 11) is 0. The van der Waals surface area contributed by atoms with E-state index in [1.165, 1.54) is 0 Å². The van der Waals surface area contributed by atoms with Gasteiger partial charge in [0.1, 0.15) is 0 Å². The van der Waals surface area contributed by atoms with Crippen LogP contribution in [0, 0.1) is 0 Å². The molecule has 0 unspecified atom stereocenters. The Morgan fingerprint density at radius 1 is 1.27 bits per heavy atom. The first-order chi connectivity index (χ1) is 5.27. The van der Waals surface area contributed by atoms with Crippen molar-refractivity contribution in [1.29, 1.82) is 0 Å². The number of nitrogens with one attached hydrogen (secondary N) is 1. The van der Waals surface area contributed by atoms with Crippen LogP contribution in [0.4, 0.5) is 0 Å². The molecule has 0 aromatic heterocycles. The number of aliphatic hydroxyl groups excluding tert-OH is 1. The molecule has 0 radical (unpaired) electrons. The lowest BCUT2D eigenvalue weighted by molar-refractivity contribution is 0.282. The van der Waals surface area contributed by atoms with Gasteiger partial charge in [-0.1, -0.05) is 12.8 Å². The van der Waals surface area contributed by atoms with Gasteiger partial charge in [0.05, 0.1) is 0 Å². The lowest BCUT2D eigenvalue weighted by Gasteiger charge is -2.02. The Morgan fingerprint density at radius 2 is 1.91 bits per heavy atom. The van der Waals surface area contributed by atoms with Gasteiger partial charge in [0, 0.05) is 13.2 Å². The Morgan fingerprint density at radius 3 is 2.45 bits per heavy atom. The third-order valence-corrected chi connectivity index (χ3v) is 1.53. The van der Waals surface area contributed by atoms with Crippen molar-refractivity contribution in [3.63, 3.8) is 0 Å². The first-order valence-corrected chi connectivity index (χ1v) is 4.32. The Hall–Kier alpha value is -0.350. The average molecular weight is 176 g/mol. The molecular weight excluding hydrogens is 160 g/mol. The van der Waals surface area contributed by atoms with E-state index in [1.807, 2.05) is 0 Å². The van der Waals surface area contributed by atoms with Gasteiger partial charge in [-0.2, -0.15) is 0 Å². The smallest absolute Gasteiger partial charge is 0.163 e. The molecule has 3 nitrogen and oxygen atoms in total. The van der Waals surface area contributed by atoms with Crippen molar-refractivity contribution in [3.8, 4) is 0 Å². The fourth-order valence-electron chi connectivity index (χ4n) is 0.802. The van der Waals surface area contributed by atoms with Crippen molar-refractivity contribution in [2.75, 3.05) is 13.2 Å². The van der Waals surface area contributed by atoms with E-state index in [9.17, 15) is 0 Å². The Balaban J connectivity index is 2.85. The van der Waals surface area contributed by atoms with Crippen LogP contribution < -0.4 is 11.1 Å². The van der Waals surface area contributed by atoms with Crippen LogP contribution in [0.25, 0.3) is 0 Å². The molecule has 0 aromatic carbocycles. The van der Waals surface area contributed by atoms with Gasteiger partial charge in [-0.3, -0.25) is 0 Å². The van der Waals surface area contributed by atoms with Gasteiger partial charge in [0.25, 0.3) is 0 Å². The van der Waals surface area contributed by atoms with Crippen LogP contribution >= 0.6 is 12.2 Å². The van der Waals surface area contributed by atoms with Crippen molar-refractivity contribution < 1.29 is 5.11 Å². The van der Waals surface area contributed by atoms with Gasteiger partial charge in [-0.15, -0.1) is 0 Å². The number of rotatable bonds is 6. The molecule has 0 fully saturated rings. The molecule has 0 saturated carbocycles. The minimum atomic E-state index is 0.294. The summed E-state index contributed by atoms with van der Waals surface area (Å²) in [5.74, 6) is 0. The van der Waals surface area contributed by atoms with E-state index in [-0.39, 0.29) is 0 Å². The van der Waals surface area contributed by atoms with Crippen molar-refractivity contribution >= 4 is 17.3 Å². The number of hydrogen-bond acceptors (Lipinski definition) is 2. The summed E-state index contributed by atoms with van der Waals surface area (Å²) in [6.45, 7) is 1.14. The van der Waals surface area contributed by atoms with E-state index in [0.717, 1.165) is 32.2 Å². The SMILES string of the molecule is NC(=S)NCCCCCCO. The second-order valence-electron chi connectivity index (χ2n) is 2.43. The first-order valence-electron chi connectivity index (χ1n) is 3.91. The molecule has 0 rings (SSSR count). The maximum Gasteiger partial charge on any atom is 0.163 e. The maximum absolute atomic E-state index is 8.45. The summed E-state index contributed by atoms with van der Waals surface area (Å²) < 4.78 is 0. The molecule has 0 aliphatic carbocycles. The van der Waals surface area contributed by atoms with E-state index < -0.39 is 0 Å². The van der Waals surface area contributed by atoms with Gasteiger partial charge in [0.2, 0.25) is 0 Å². The van der Waals surface area contributed by atoms with E-state index in [4.69, 9.17) is 10.8 Å². The van der Waals surface area contributed by atoms with Crippen LogP contribution in [0.5, 0.6) is 0 Å². The summed E-state index contributed by atoms with van der Waals surface area (Å²) >= 11 is 4.62. The van der Waals surface area contributed by atoms with Gasteiger partial charge >= 0.3 is 0 Å². The summed E-state index contributed by atoms with van der Waals surface area (Å²) in [5, 5.41) is 11.7. The van der Waals surface area contributed by atoms with E-state index >= 15 is 0 Å². The number of aliphatic hydroxyl groups is 1. The van der Waals surface area contributed by atoms with Gasteiger partial charge in [-0.25, -0.2) is 0 Å². The quantitative estimate of drug-likeness (QED) is 0.404. The minimum absolute atomic E-state index is 0.294. The van der Waals surface area contributed by atoms with Crippen LogP contribution in [0.1, 0.15) is 25.7 Å². The molecule has 4 N–H and O–H groups in total. The highest BCUT2D eigenvalue weighted by Crippen LogP contribution is 1.96. The highest BCUT2D eigenvalue weighted by molar-refractivity contribution is 7.80. The van der Waals surface area contributed by atoms with Crippen LogP contribution in [0.15, 0.2) is 0 Å². The second kappa shape index (κ2) is 7.75. The zero-order chi connectivity index (χ0) is 8.53. The standard InChI is InChI=1S/C7H16N2OS/c8-7(11)9-5-3-1-2-4-6-10/h10H,1-6H2,(H3,8,9,11). The molecule has 0 amide bonds. The zero-order valence-electron chi connectivity index (χ0n) is 6.68. The third-order valence-electron chi connectivity index (χ3n) is 1.38. The molecule has 0 spiro atoms. The second-order valence-corrected chi connectivity index (χ2v) is 2.87. The fraction of sp³-hybridized carbons (Fsp3) is 0.857. The molecule has 4 heteroatoms. The topological polar surface area (TPSA) is 58.3 Å². The van der Waals surface area contributed by atoms with Crippen molar-refractivity contribution in [2.45, 2.75) is 25.7 Å². The average Bonchev–Trinajstić information content (AvgIpc) is 1.96. The first kappa shape index (κ1) is 10.7. The highest BCUT2D eigenvalue weighted by Gasteiger charge is 1.89. The minimum Gasteiger partial charge on any atom is -0.396 e. The summed E-state index contributed by atoms with van der Waals surface area (Å²) in [5.41, 5.74) is 5.21. The monoisotopic (exact) mass is 176 g/mol. The Kier molecular flexibility index (Phi) is 7.51. The van der Waals surface area contributed by atoms with Gasteiger partial charge < -0.3 is 16.2 Å². The summed E-state index contributed by atoms with van der Waals surface area (Å²) in [6.07, 6.45) is 4.16. The van der Waals surface area contributed by atoms with E-state index in [1.54, 1.807) is 0 Å². The summed E-state index contributed by atoms with van der Waals surface area (Å²) in [4.78, 5) is 0. The number of unbranched alkanes of at least 4 members (excludes halogenated alkanes) is 3. The Bertz CT molecular complexity index is 109.